The lowest BCUT2D eigenvalue weighted by Gasteiger charge is -2.43. The number of carbonyl (C=O) groups is 1. The van der Waals surface area contributed by atoms with Crippen LogP contribution < -0.4 is 10.6 Å². The maximum atomic E-state index is 12.3. The van der Waals surface area contributed by atoms with Crippen molar-refractivity contribution in [1.82, 2.24) is 20.2 Å². The molecule has 1 heterocycles. The van der Waals surface area contributed by atoms with E-state index < -0.39 is 0 Å². The standard InChI is InChI=1S/C17H22N4O/c1-14(12-21-11-10-18-13-21)19-16(22)20-17(8-5-9-17)15-6-3-2-4-7-15/h2-4,6-7,10-11,13-14H,5,8-9,12H2,1H3,(H2,19,20,22)/t14-/m1/s1. The van der Waals surface area contributed by atoms with E-state index in [1.807, 2.05) is 35.9 Å². The van der Waals surface area contributed by atoms with Crippen molar-refractivity contribution in [3.8, 4) is 0 Å². The Bertz CT molecular complexity index is 605. The van der Waals surface area contributed by atoms with Crippen molar-refractivity contribution < 1.29 is 4.79 Å². The van der Waals surface area contributed by atoms with E-state index in [4.69, 9.17) is 0 Å². The monoisotopic (exact) mass is 298 g/mol. The fraction of sp³-hybridized carbons (Fsp3) is 0.412. The molecule has 1 aromatic carbocycles. The average Bonchev–Trinajstić information content (AvgIpc) is 2.96. The molecule has 1 aliphatic rings. The molecule has 0 bridgehead atoms. The Kier molecular flexibility index (Phi) is 4.13. The average molecular weight is 298 g/mol. The van der Waals surface area contributed by atoms with Gasteiger partial charge in [-0.3, -0.25) is 0 Å². The molecule has 1 aliphatic carbocycles. The zero-order valence-corrected chi connectivity index (χ0v) is 12.8. The number of nitrogens with one attached hydrogen (secondary N) is 2. The van der Waals surface area contributed by atoms with E-state index in [1.165, 1.54) is 5.56 Å². The molecule has 22 heavy (non-hydrogen) atoms. The van der Waals surface area contributed by atoms with Gasteiger partial charge in [0.15, 0.2) is 0 Å². The number of urea groups is 1. The van der Waals surface area contributed by atoms with Crippen LogP contribution in [-0.4, -0.2) is 21.6 Å². The lowest BCUT2D eigenvalue weighted by molar-refractivity contribution is 0.175. The Morgan fingerprint density at radius 3 is 2.73 bits per heavy atom. The summed E-state index contributed by atoms with van der Waals surface area (Å²) in [5.41, 5.74) is 0.999. The first-order valence-corrected chi connectivity index (χ1v) is 7.78. The number of nitrogens with zero attached hydrogens (tertiary/aromatic N) is 2. The van der Waals surface area contributed by atoms with Crippen LogP contribution in [0.3, 0.4) is 0 Å². The highest BCUT2D eigenvalue weighted by atomic mass is 16.2. The van der Waals surface area contributed by atoms with Gasteiger partial charge in [-0.05, 0) is 31.7 Å². The van der Waals surface area contributed by atoms with Crippen molar-refractivity contribution in [2.24, 2.45) is 0 Å². The van der Waals surface area contributed by atoms with Crippen LogP contribution in [0.2, 0.25) is 0 Å². The number of hydrogen-bond donors (Lipinski definition) is 2. The second-order valence-corrected chi connectivity index (χ2v) is 6.06. The van der Waals surface area contributed by atoms with E-state index >= 15 is 0 Å². The summed E-state index contributed by atoms with van der Waals surface area (Å²) in [6.07, 6.45) is 8.55. The van der Waals surface area contributed by atoms with Crippen molar-refractivity contribution in [2.75, 3.05) is 0 Å². The zero-order valence-electron chi connectivity index (χ0n) is 12.8. The molecule has 1 atom stereocenters. The number of aromatic nitrogens is 2. The van der Waals surface area contributed by atoms with E-state index in [1.54, 1.807) is 12.5 Å². The summed E-state index contributed by atoms with van der Waals surface area (Å²) in [5, 5.41) is 6.19. The third-order valence-corrected chi connectivity index (χ3v) is 4.31. The topological polar surface area (TPSA) is 59.0 Å². The summed E-state index contributed by atoms with van der Waals surface area (Å²) in [4.78, 5) is 16.3. The normalized spacial score (nSPS) is 17.3. The second kappa shape index (κ2) is 6.22. The van der Waals surface area contributed by atoms with Crippen LogP contribution in [0.25, 0.3) is 0 Å². The van der Waals surface area contributed by atoms with Crippen LogP contribution >= 0.6 is 0 Å². The molecule has 3 rings (SSSR count). The van der Waals surface area contributed by atoms with Crippen molar-refractivity contribution >= 4 is 6.03 Å². The van der Waals surface area contributed by atoms with Crippen molar-refractivity contribution in [3.63, 3.8) is 0 Å². The first-order valence-electron chi connectivity index (χ1n) is 7.78. The smallest absolute Gasteiger partial charge is 0.315 e. The van der Waals surface area contributed by atoms with Gasteiger partial charge in [-0.1, -0.05) is 30.3 Å². The highest BCUT2D eigenvalue weighted by Crippen LogP contribution is 2.41. The van der Waals surface area contributed by atoms with E-state index in [0.29, 0.717) is 6.54 Å². The summed E-state index contributed by atoms with van der Waals surface area (Å²) in [6, 6.07) is 10.2. The zero-order chi connectivity index (χ0) is 15.4. The van der Waals surface area contributed by atoms with E-state index in [2.05, 4.69) is 27.8 Å². The number of hydrogen-bond acceptors (Lipinski definition) is 2. The van der Waals surface area contributed by atoms with Crippen LogP contribution in [0.15, 0.2) is 49.1 Å². The van der Waals surface area contributed by atoms with Gasteiger partial charge in [-0.2, -0.15) is 0 Å². The molecular weight excluding hydrogens is 276 g/mol. The number of imidazole rings is 1. The lowest BCUT2D eigenvalue weighted by atomic mass is 9.72. The first-order chi connectivity index (χ1) is 10.7. The summed E-state index contributed by atoms with van der Waals surface area (Å²) in [7, 11) is 0. The van der Waals surface area contributed by atoms with Crippen molar-refractivity contribution in [3.05, 3.63) is 54.6 Å². The number of benzene rings is 1. The maximum Gasteiger partial charge on any atom is 0.315 e. The van der Waals surface area contributed by atoms with Gasteiger partial charge >= 0.3 is 6.03 Å². The lowest BCUT2D eigenvalue weighted by Crippen LogP contribution is -2.55. The molecule has 5 nitrogen and oxygen atoms in total. The Morgan fingerprint density at radius 1 is 1.36 bits per heavy atom. The molecular formula is C17H22N4O. The van der Waals surface area contributed by atoms with Crippen LogP contribution in [0, 0.1) is 0 Å². The fourth-order valence-electron chi connectivity index (χ4n) is 3.01. The van der Waals surface area contributed by atoms with Crippen LogP contribution in [0.1, 0.15) is 31.7 Å². The predicted octanol–water partition coefficient (Wildman–Crippen LogP) is 2.65. The van der Waals surface area contributed by atoms with Gasteiger partial charge in [0.2, 0.25) is 0 Å². The predicted molar refractivity (Wildman–Crippen MR) is 85.3 cm³/mol. The minimum Gasteiger partial charge on any atom is -0.335 e. The van der Waals surface area contributed by atoms with Crippen LogP contribution in [-0.2, 0) is 12.1 Å². The van der Waals surface area contributed by atoms with Crippen molar-refractivity contribution in [2.45, 2.75) is 44.3 Å². The molecule has 0 aliphatic heterocycles. The third kappa shape index (κ3) is 3.13. The molecule has 116 valence electrons. The van der Waals surface area contributed by atoms with Gasteiger partial charge in [0, 0.05) is 25.0 Å². The molecule has 1 aromatic heterocycles. The van der Waals surface area contributed by atoms with Crippen LogP contribution in [0.5, 0.6) is 0 Å². The molecule has 0 unspecified atom stereocenters. The molecule has 0 spiro atoms. The Morgan fingerprint density at radius 2 is 2.14 bits per heavy atom. The highest BCUT2D eigenvalue weighted by molar-refractivity contribution is 5.75. The summed E-state index contributed by atoms with van der Waals surface area (Å²) < 4.78 is 1.96. The summed E-state index contributed by atoms with van der Waals surface area (Å²) in [5.74, 6) is 0. The highest BCUT2D eigenvalue weighted by Gasteiger charge is 2.40. The van der Waals surface area contributed by atoms with Gasteiger partial charge in [0.05, 0.1) is 11.9 Å². The van der Waals surface area contributed by atoms with Gasteiger partial charge in [0.1, 0.15) is 0 Å². The maximum absolute atomic E-state index is 12.3. The summed E-state index contributed by atoms with van der Waals surface area (Å²) >= 11 is 0. The second-order valence-electron chi connectivity index (χ2n) is 6.06. The summed E-state index contributed by atoms with van der Waals surface area (Å²) in [6.45, 7) is 2.71. The number of amides is 2. The quantitative estimate of drug-likeness (QED) is 0.891. The molecule has 2 aromatic rings. The molecule has 0 radical (unpaired) electrons. The molecule has 0 saturated heterocycles. The molecule has 1 saturated carbocycles. The number of carbonyl (C=O) groups excluding carboxylic acids is 1. The minimum absolute atomic E-state index is 0.0436. The molecule has 5 heteroatoms. The van der Waals surface area contributed by atoms with E-state index in [0.717, 1.165) is 19.3 Å². The fourth-order valence-corrected chi connectivity index (χ4v) is 3.01. The van der Waals surface area contributed by atoms with E-state index in [9.17, 15) is 4.79 Å². The van der Waals surface area contributed by atoms with Gasteiger partial charge in [0.25, 0.3) is 0 Å². The van der Waals surface area contributed by atoms with Crippen molar-refractivity contribution in [1.29, 1.82) is 0 Å². The van der Waals surface area contributed by atoms with Gasteiger partial charge < -0.3 is 15.2 Å². The Hall–Kier alpha value is -2.30. The van der Waals surface area contributed by atoms with E-state index in [-0.39, 0.29) is 17.6 Å². The Balaban J connectivity index is 1.58. The van der Waals surface area contributed by atoms with Crippen LogP contribution in [0.4, 0.5) is 4.79 Å². The minimum atomic E-state index is -0.194. The van der Waals surface area contributed by atoms with Gasteiger partial charge in [-0.25, -0.2) is 9.78 Å². The molecule has 1 fully saturated rings. The molecule has 2 N–H and O–H groups in total. The SMILES string of the molecule is C[C@H](Cn1ccnc1)NC(=O)NC1(c2ccccc2)CCC1. The Labute approximate surface area is 130 Å². The largest absolute Gasteiger partial charge is 0.335 e. The molecule has 2 amide bonds. The third-order valence-electron chi connectivity index (χ3n) is 4.31. The van der Waals surface area contributed by atoms with Gasteiger partial charge in [-0.15, -0.1) is 0 Å². The number of rotatable bonds is 5. The first kappa shape index (κ1) is 14.6.